The van der Waals surface area contributed by atoms with E-state index in [0.29, 0.717) is 0 Å². The number of rotatable bonds is 1. The zero-order valence-electron chi connectivity index (χ0n) is 5.22. The predicted octanol–water partition coefficient (Wildman–Crippen LogP) is -0.110. The Hall–Kier alpha value is -1.04. The van der Waals surface area contributed by atoms with E-state index in [9.17, 15) is 10.1 Å². The van der Waals surface area contributed by atoms with Crippen molar-refractivity contribution in [3.8, 4) is 0 Å². The first-order chi connectivity index (χ1) is 4.63. The molecule has 0 radical (unpaired) electrons. The van der Waals surface area contributed by atoms with Gasteiger partial charge in [-0.3, -0.25) is 10.1 Å². The summed E-state index contributed by atoms with van der Waals surface area (Å²) in [6.07, 6.45) is 0.387. The van der Waals surface area contributed by atoms with Crippen LogP contribution in [0.4, 0.5) is 0 Å². The minimum atomic E-state index is -0.935. The van der Waals surface area contributed by atoms with E-state index in [1.165, 1.54) is 18.3 Å². The minimum Gasteiger partial charge on any atom is -0.262 e. The summed E-state index contributed by atoms with van der Waals surface area (Å²) in [6, 6.07) is 0. The second-order valence-electron chi connectivity index (χ2n) is 1.88. The molecule has 1 unspecified atom stereocenters. The van der Waals surface area contributed by atoms with Gasteiger partial charge >= 0.3 is 6.17 Å². The number of hydrogen-bond acceptors (Lipinski definition) is 5. The molecule has 0 N–H and O–H groups in total. The van der Waals surface area contributed by atoms with Gasteiger partial charge in [0.05, 0.1) is 11.1 Å². The monoisotopic (exact) mass is 159 g/mol. The molecule has 0 aromatic rings. The topological polar surface area (TPSA) is 58.7 Å². The van der Waals surface area contributed by atoms with Crippen LogP contribution in [0.25, 0.3) is 0 Å². The zero-order chi connectivity index (χ0) is 7.72. The molecule has 0 saturated carbocycles. The molecule has 0 aliphatic carbocycles. The molecule has 1 heterocycles. The molecule has 0 bridgehead atoms. The van der Waals surface area contributed by atoms with Crippen molar-refractivity contribution in [2.24, 2.45) is 5.10 Å². The van der Waals surface area contributed by atoms with Crippen LogP contribution >= 0.6 is 12.2 Å². The summed E-state index contributed by atoms with van der Waals surface area (Å²) in [5.74, 6) is 0. The summed E-state index contributed by atoms with van der Waals surface area (Å²) in [5, 5.41) is 15.1. The number of nitro groups is 1. The lowest BCUT2D eigenvalue weighted by Crippen LogP contribution is -2.36. The first-order valence-corrected chi connectivity index (χ1v) is 2.98. The summed E-state index contributed by atoms with van der Waals surface area (Å²) < 4.78 is 0. The van der Waals surface area contributed by atoms with Crippen LogP contribution in [-0.4, -0.2) is 34.2 Å². The third kappa shape index (κ3) is 0.971. The van der Waals surface area contributed by atoms with Gasteiger partial charge in [0, 0.05) is 7.05 Å². The van der Waals surface area contributed by atoms with Crippen molar-refractivity contribution in [1.29, 1.82) is 0 Å². The van der Waals surface area contributed by atoms with E-state index in [0.717, 1.165) is 0 Å². The summed E-state index contributed by atoms with van der Waals surface area (Å²) in [7, 11) is 1.52. The van der Waals surface area contributed by atoms with Gasteiger partial charge in [0.25, 0.3) is 0 Å². The lowest BCUT2D eigenvalue weighted by Gasteiger charge is -2.09. The largest absolute Gasteiger partial charge is 0.338 e. The quantitative estimate of drug-likeness (QED) is 0.304. The Kier molecular flexibility index (Phi) is 1.62. The molecule has 1 aliphatic heterocycles. The van der Waals surface area contributed by atoms with Gasteiger partial charge < -0.3 is 0 Å². The second kappa shape index (κ2) is 2.30. The summed E-state index contributed by atoms with van der Waals surface area (Å²) >= 11 is 4.66. The Labute approximate surface area is 62.5 Å². The van der Waals surface area contributed by atoms with Gasteiger partial charge in [0.1, 0.15) is 4.86 Å². The van der Waals surface area contributed by atoms with Crippen LogP contribution in [0, 0.1) is 10.1 Å². The third-order valence-electron chi connectivity index (χ3n) is 1.18. The van der Waals surface area contributed by atoms with Crippen molar-refractivity contribution in [3.05, 3.63) is 10.1 Å². The van der Waals surface area contributed by atoms with E-state index in [2.05, 4.69) is 17.3 Å². The fraction of sp³-hybridized carbons (Fsp3) is 0.500. The molecule has 0 spiro atoms. The maximum Gasteiger partial charge on any atom is 0.338 e. The molecule has 0 amide bonds. The average Bonchev–Trinajstić information content (AvgIpc) is 2.11. The highest BCUT2D eigenvalue weighted by atomic mass is 32.1. The van der Waals surface area contributed by atoms with Gasteiger partial charge in [-0.2, -0.15) is 5.10 Å². The van der Waals surface area contributed by atoms with Crippen molar-refractivity contribution in [2.75, 3.05) is 7.05 Å². The van der Waals surface area contributed by atoms with E-state index in [-0.39, 0.29) is 4.86 Å². The van der Waals surface area contributed by atoms with E-state index < -0.39 is 11.1 Å². The molecule has 0 saturated heterocycles. The number of hydrazone groups is 1. The Balaban J connectivity index is 2.79. The summed E-state index contributed by atoms with van der Waals surface area (Å²) in [5.41, 5.74) is 0. The molecule has 1 atom stereocenters. The van der Waals surface area contributed by atoms with E-state index >= 15 is 0 Å². The molecule has 0 aromatic carbocycles. The fourth-order valence-corrected chi connectivity index (χ4v) is 0.988. The first kappa shape index (κ1) is 7.07. The molecular weight excluding hydrogens is 154 g/mol. The number of hydrogen-bond donors (Lipinski definition) is 0. The molecule has 6 heteroatoms. The van der Waals surface area contributed by atoms with Crippen molar-refractivity contribution < 1.29 is 4.92 Å². The second-order valence-corrected chi connectivity index (χ2v) is 2.35. The molecule has 54 valence electrons. The van der Waals surface area contributed by atoms with Crippen molar-refractivity contribution >= 4 is 23.3 Å². The molecule has 0 aromatic heterocycles. The predicted molar refractivity (Wildman–Crippen MR) is 39.6 cm³/mol. The van der Waals surface area contributed by atoms with Crippen molar-refractivity contribution in [1.82, 2.24) is 5.01 Å². The lowest BCUT2D eigenvalue weighted by atomic mass is 10.4. The third-order valence-corrected chi connectivity index (χ3v) is 1.49. The van der Waals surface area contributed by atoms with Crippen molar-refractivity contribution in [3.63, 3.8) is 0 Å². The fourth-order valence-electron chi connectivity index (χ4n) is 0.702. The summed E-state index contributed by atoms with van der Waals surface area (Å²) in [6.45, 7) is 0. The molecule has 5 nitrogen and oxygen atoms in total. The Morgan fingerprint density at radius 2 is 2.60 bits per heavy atom. The standard InChI is InChI=1S/C4H5N3O2S/c1-6-4(7(8)9)3(10)2-5-6/h2,4H,1H3. The maximum absolute atomic E-state index is 10.2. The van der Waals surface area contributed by atoms with Crippen LogP contribution in [0.5, 0.6) is 0 Å². The Morgan fingerprint density at radius 3 is 2.80 bits per heavy atom. The van der Waals surface area contributed by atoms with Crippen LogP contribution in [-0.2, 0) is 0 Å². The maximum atomic E-state index is 10.2. The molecule has 1 rings (SSSR count). The van der Waals surface area contributed by atoms with Gasteiger partial charge in [-0.25, -0.2) is 5.01 Å². The van der Waals surface area contributed by atoms with E-state index in [1.807, 2.05) is 0 Å². The summed E-state index contributed by atoms with van der Waals surface area (Å²) in [4.78, 5) is 10.0. The van der Waals surface area contributed by atoms with Gasteiger partial charge in [0.15, 0.2) is 0 Å². The SMILES string of the molecule is CN1N=CC(=S)C1[N+](=O)[O-]. The first-order valence-electron chi connectivity index (χ1n) is 2.57. The van der Waals surface area contributed by atoms with Crippen LogP contribution in [0.1, 0.15) is 0 Å². The molecule has 10 heavy (non-hydrogen) atoms. The van der Waals surface area contributed by atoms with Crippen LogP contribution in [0.15, 0.2) is 5.10 Å². The van der Waals surface area contributed by atoms with Crippen LogP contribution < -0.4 is 0 Å². The molecule has 1 aliphatic rings. The smallest absolute Gasteiger partial charge is 0.262 e. The van der Waals surface area contributed by atoms with E-state index in [4.69, 9.17) is 0 Å². The minimum absolute atomic E-state index is 0.257. The van der Waals surface area contributed by atoms with Gasteiger partial charge in [-0.15, -0.1) is 0 Å². The normalized spacial score (nSPS) is 23.9. The van der Waals surface area contributed by atoms with Crippen LogP contribution in [0.2, 0.25) is 0 Å². The Morgan fingerprint density at radius 1 is 2.00 bits per heavy atom. The molecule has 0 fully saturated rings. The highest BCUT2D eigenvalue weighted by Crippen LogP contribution is 2.05. The number of nitrogens with zero attached hydrogens (tertiary/aromatic N) is 3. The highest BCUT2D eigenvalue weighted by molar-refractivity contribution is 7.82. The van der Waals surface area contributed by atoms with Gasteiger partial charge in [-0.05, 0) is 0 Å². The van der Waals surface area contributed by atoms with Gasteiger partial charge in [-0.1, -0.05) is 12.2 Å². The van der Waals surface area contributed by atoms with E-state index in [1.54, 1.807) is 0 Å². The Bertz CT molecular complexity index is 215. The average molecular weight is 159 g/mol. The van der Waals surface area contributed by atoms with Crippen molar-refractivity contribution in [2.45, 2.75) is 6.17 Å². The lowest BCUT2D eigenvalue weighted by molar-refractivity contribution is -0.525. The highest BCUT2D eigenvalue weighted by Gasteiger charge is 2.32. The zero-order valence-corrected chi connectivity index (χ0v) is 6.04. The van der Waals surface area contributed by atoms with Gasteiger partial charge in [0.2, 0.25) is 0 Å². The van der Waals surface area contributed by atoms with Crippen LogP contribution in [0.3, 0.4) is 0 Å². The molecular formula is C4H5N3O2S. The number of thiocarbonyl (C=S) groups is 1.